The number of hydrogen-bond acceptors (Lipinski definition) is 4. The second kappa shape index (κ2) is 4.17. The molecule has 0 radical (unpaired) electrons. The van der Waals surface area contributed by atoms with Gasteiger partial charge in [0, 0.05) is 18.7 Å². The fourth-order valence-electron chi connectivity index (χ4n) is 2.55. The van der Waals surface area contributed by atoms with E-state index in [0.717, 1.165) is 30.3 Å². The van der Waals surface area contributed by atoms with Gasteiger partial charge in [-0.15, -0.1) is 0 Å². The van der Waals surface area contributed by atoms with E-state index in [1.165, 1.54) is 12.8 Å². The van der Waals surface area contributed by atoms with Crippen molar-refractivity contribution in [2.75, 3.05) is 23.7 Å². The zero-order valence-corrected chi connectivity index (χ0v) is 11.2. The molecule has 1 aliphatic heterocycles. The minimum absolute atomic E-state index is 0.359. The van der Waals surface area contributed by atoms with Crippen LogP contribution in [0.1, 0.15) is 38.1 Å². The molecule has 0 atom stereocenters. The van der Waals surface area contributed by atoms with E-state index in [9.17, 15) is 0 Å². The average Bonchev–Trinajstić information content (AvgIpc) is 2.22. The van der Waals surface area contributed by atoms with Crippen LogP contribution in [-0.2, 0) is 0 Å². The molecule has 0 unspecified atom stereocenters. The quantitative estimate of drug-likeness (QED) is 0.810. The summed E-state index contributed by atoms with van der Waals surface area (Å²) < 4.78 is 0. The van der Waals surface area contributed by atoms with Crippen LogP contribution in [0, 0.1) is 19.3 Å². The van der Waals surface area contributed by atoms with E-state index in [-0.39, 0.29) is 0 Å². The third kappa shape index (κ3) is 2.51. The van der Waals surface area contributed by atoms with E-state index < -0.39 is 0 Å². The molecular weight excluding hydrogens is 212 g/mol. The maximum absolute atomic E-state index is 5.92. The molecule has 0 spiro atoms. The lowest BCUT2D eigenvalue weighted by Crippen LogP contribution is -2.41. The lowest BCUT2D eigenvalue weighted by Gasteiger charge is -2.39. The highest BCUT2D eigenvalue weighted by atomic mass is 15.2. The lowest BCUT2D eigenvalue weighted by molar-refractivity contribution is 0.292. The zero-order chi connectivity index (χ0) is 12.6. The van der Waals surface area contributed by atoms with Crippen molar-refractivity contribution in [2.45, 2.75) is 40.5 Å². The van der Waals surface area contributed by atoms with Gasteiger partial charge in [-0.1, -0.05) is 13.8 Å². The fraction of sp³-hybridized carbons (Fsp3) is 0.692. The van der Waals surface area contributed by atoms with Crippen LogP contribution in [0.15, 0.2) is 0 Å². The molecule has 2 rings (SSSR count). The molecule has 17 heavy (non-hydrogen) atoms. The van der Waals surface area contributed by atoms with Crippen molar-refractivity contribution in [3.63, 3.8) is 0 Å². The Balaban J connectivity index is 2.34. The normalized spacial score (nSPS) is 19.4. The van der Waals surface area contributed by atoms with Gasteiger partial charge in [-0.3, -0.25) is 0 Å². The van der Waals surface area contributed by atoms with Crippen molar-refractivity contribution >= 4 is 11.6 Å². The summed E-state index contributed by atoms with van der Waals surface area (Å²) in [4.78, 5) is 11.1. The number of nitrogens with two attached hydrogens (primary N) is 1. The number of nitrogen functional groups attached to an aromatic ring is 1. The first-order valence-corrected chi connectivity index (χ1v) is 6.25. The average molecular weight is 234 g/mol. The summed E-state index contributed by atoms with van der Waals surface area (Å²) in [5, 5.41) is 0. The summed E-state index contributed by atoms with van der Waals surface area (Å²) in [6.45, 7) is 10.6. The molecule has 1 aromatic rings. The first kappa shape index (κ1) is 12.1. The largest absolute Gasteiger partial charge is 0.383 e. The number of anilines is 2. The molecule has 4 heteroatoms. The van der Waals surface area contributed by atoms with Gasteiger partial charge >= 0.3 is 0 Å². The monoisotopic (exact) mass is 234 g/mol. The summed E-state index contributed by atoms with van der Waals surface area (Å²) in [5.41, 5.74) is 7.29. The third-order valence-corrected chi connectivity index (χ3v) is 3.47. The van der Waals surface area contributed by atoms with Gasteiger partial charge in [0.1, 0.15) is 17.5 Å². The third-order valence-electron chi connectivity index (χ3n) is 3.47. The van der Waals surface area contributed by atoms with Gasteiger partial charge in [0.2, 0.25) is 0 Å². The predicted octanol–water partition coefficient (Wildman–Crippen LogP) is 2.30. The van der Waals surface area contributed by atoms with Crippen LogP contribution in [0.25, 0.3) is 0 Å². The smallest absolute Gasteiger partial charge is 0.137 e. The number of aromatic nitrogens is 2. The van der Waals surface area contributed by atoms with Crippen LogP contribution < -0.4 is 10.6 Å². The highest BCUT2D eigenvalue weighted by Gasteiger charge is 2.28. The predicted molar refractivity (Wildman–Crippen MR) is 71.1 cm³/mol. The lowest BCUT2D eigenvalue weighted by atomic mass is 9.84. The van der Waals surface area contributed by atoms with Crippen LogP contribution >= 0.6 is 0 Å². The molecule has 0 aromatic carbocycles. The second-order valence-corrected chi connectivity index (χ2v) is 5.79. The van der Waals surface area contributed by atoms with E-state index in [2.05, 4.69) is 28.7 Å². The molecule has 2 heterocycles. The molecule has 1 aliphatic rings. The Morgan fingerprint density at radius 3 is 2.59 bits per heavy atom. The van der Waals surface area contributed by atoms with E-state index in [0.29, 0.717) is 11.2 Å². The summed E-state index contributed by atoms with van der Waals surface area (Å²) in [7, 11) is 0. The van der Waals surface area contributed by atoms with Crippen molar-refractivity contribution in [3.05, 3.63) is 11.4 Å². The summed E-state index contributed by atoms with van der Waals surface area (Å²) >= 11 is 0. The zero-order valence-electron chi connectivity index (χ0n) is 11.2. The van der Waals surface area contributed by atoms with Gasteiger partial charge < -0.3 is 10.6 Å². The van der Waals surface area contributed by atoms with Gasteiger partial charge in [0.15, 0.2) is 0 Å². The number of aryl methyl sites for hydroxylation is 1. The number of hydrogen-bond donors (Lipinski definition) is 1. The van der Waals surface area contributed by atoms with Crippen molar-refractivity contribution in [1.82, 2.24) is 9.97 Å². The minimum atomic E-state index is 0.359. The maximum atomic E-state index is 5.92. The van der Waals surface area contributed by atoms with Crippen molar-refractivity contribution in [1.29, 1.82) is 0 Å². The Morgan fingerprint density at radius 1 is 1.24 bits per heavy atom. The number of piperidine rings is 1. The van der Waals surface area contributed by atoms with Crippen LogP contribution in [0.2, 0.25) is 0 Å². The van der Waals surface area contributed by atoms with Crippen molar-refractivity contribution in [2.24, 2.45) is 5.41 Å². The number of nitrogens with zero attached hydrogens (tertiary/aromatic N) is 3. The van der Waals surface area contributed by atoms with Crippen LogP contribution in [-0.4, -0.2) is 23.1 Å². The van der Waals surface area contributed by atoms with E-state index >= 15 is 0 Å². The van der Waals surface area contributed by atoms with Gasteiger partial charge in [-0.2, -0.15) is 0 Å². The van der Waals surface area contributed by atoms with E-state index in [4.69, 9.17) is 5.73 Å². The molecule has 0 saturated carbocycles. The van der Waals surface area contributed by atoms with Crippen LogP contribution in [0.4, 0.5) is 11.6 Å². The first-order valence-electron chi connectivity index (χ1n) is 6.25. The molecule has 1 aromatic heterocycles. The first-order chi connectivity index (χ1) is 7.89. The summed E-state index contributed by atoms with van der Waals surface area (Å²) in [6, 6.07) is 0. The highest BCUT2D eigenvalue weighted by Crippen LogP contribution is 2.32. The summed E-state index contributed by atoms with van der Waals surface area (Å²) in [5.74, 6) is 2.38. The molecule has 1 fully saturated rings. The van der Waals surface area contributed by atoms with Crippen molar-refractivity contribution in [3.8, 4) is 0 Å². The maximum Gasteiger partial charge on any atom is 0.137 e. The molecule has 1 saturated heterocycles. The topological polar surface area (TPSA) is 55.0 Å². The molecule has 0 bridgehead atoms. The van der Waals surface area contributed by atoms with Crippen LogP contribution in [0.3, 0.4) is 0 Å². The van der Waals surface area contributed by atoms with E-state index in [1.54, 1.807) is 0 Å². The second-order valence-electron chi connectivity index (χ2n) is 5.79. The van der Waals surface area contributed by atoms with Crippen LogP contribution in [0.5, 0.6) is 0 Å². The van der Waals surface area contributed by atoms with Gasteiger partial charge in [-0.25, -0.2) is 9.97 Å². The Kier molecular flexibility index (Phi) is 2.98. The standard InChI is InChI=1S/C13H22N4/c1-9-11(14)15-10(2)16-12(9)17-7-5-6-13(3,4)8-17/h5-8H2,1-4H3,(H2,14,15,16). The molecule has 94 valence electrons. The SMILES string of the molecule is Cc1nc(N)c(C)c(N2CCCC(C)(C)C2)n1. The molecule has 0 aliphatic carbocycles. The molecule has 2 N–H and O–H groups in total. The fourth-order valence-corrected chi connectivity index (χ4v) is 2.55. The molecule has 0 amide bonds. The number of rotatable bonds is 1. The minimum Gasteiger partial charge on any atom is -0.383 e. The summed E-state index contributed by atoms with van der Waals surface area (Å²) in [6.07, 6.45) is 2.50. The van der Waals surface area contributed by atoms with Gasteiger partial charge in [0.05, 0.1) is 0 Å². The molecular formula is C13H22N4. The van der Waals surface area contributed by atoms with Crippen molar-refractivity contribution < 1.29 is 0 Å². The Hall–Kier alpha value is -1.32. The Morgan fingerprint density at radius 2 is 1.94 bits per heavy atom. The molecule has 4 nitrogen and oxygen atoms in total. The highest BCUT2D eigenvalue weighted by molar-refractivity contribution is 5.56. The Labute approximate surface area is 103 Å². The van der Waals surface area contributed by atoms with E-state index in [1.807, 2.05) is 13.8 Å². The van der Waals surface area contributed by atoms with Gasteiger partial charge in [-0.05, 0) is 32.1 Å². The van der Waals surface area contributed by atoms with Gasteiger partial charge in [0.25, 0.3) is 0 Å². The Bertz CT molecular complexity index is 426.